The second-order valence-corrected chi connectivity index (χ2v) is 3.45. The molecule has 5 heteroatoms. The van der Waals surface area contributed by atoms with Gasteiger partial charge in [0.25, 0.3) is 0 Å². The van der Waals surface area contributed by atoms with Crippen LogP contribution in [-0.4, -0.2) is 44.9 Å². The third kappa shape index (κ3) is 8.92. The molecule has 6 heavy (non-hydrogen) atoms. The Bertz CT molecular complexity index is 48.8. The van der Waals surface area contributed by atoms with Gasteiger partial charge in [-0.2, -0.15) is 0 Å². The standard InChI is InChI=1S/CH4AsO2P.Ga.3H/c3-1(4)2-5;;;;/h2H,5H2,(H,3,4);;;;. The van der Waals surface area contributed by atoms with Gasteiger partial charge in [-0.1, -0.05) is 0 Å². The molecule has 0 aliphatic heterocycles. The predicted octanol–water partition coefficient (Wildman–Crippen LogP) is -1.29. The van der Waals surface area contributed by atoms with Crippen molar-refractivity contribution in [1.29, 1.82) is 0 Å². The fraction of sp³-hybridized carbons (Fsp3) is 0. The van der Waals surface area contributed by atoms with Crippen LogP contribution in [-0.2, 0) is 0 Å². The molecule has 0 aliphatic rings. The van der Waals surface area contributed by atoms with E-state index in [1.165, 1.54) is 0 Å². The van der Waals surface area contributed by atoms with Crippen LogP contribution in [0.25, 0.3) is 0 Å². The van der Waals surface area contributed by atoms with Gasteiger partial charge in [-0.25, -0.2) is 0 Å². The summed E-state index contributed by atoms with van der Waals surface area (Å²) in [5.41, 5.74) is 0. The van der Waals surface area contributed by atoms with Gasteiger partial charge in [0.05, 0.1) is 0 Å². The Morgan fingerprint density at radius 2 is 2.00 bits per heavy atom. The molecule has 0 saturated heterocycles. The van der Waals surface area contributed by atoms with Crippen molar-refractivity contribution in [2.45, 2.75) is 0 Å². The summed E-state index contributed by atoms with van der Waals surface area (Å²) in [6, 6.07) is 0. The summed E-state index contributed by atoms with van der Waals surface area (Å²) in [7, 11) is 2.22. The Morgan fingerprint density at radius 1 is 1.83 bits per heavy atom. The van der Waals surface area contributed by atoms with E-state index in [1.807, 2.05) is 0 Å². The number of carbonyl (C=O) groups is 1. The normalized spacial score (nSPS) is 8.17. The van der Waals surface area contributed by atoms with E-state index in [0.717, 1.165) is 0 Å². The summed E-state index contributed by atoms with van der Waals surface area (Å²) in [6.45, 7) is 0. The molecule has 0 amide bonds. The monoisotopic (exact) mass is 226 g/mol. The average molecular weight is 227 g/mol. The molecule has 0 aromatic rings. The van der Waals surface area contributed by atoms with Gasteiger partial charge in [-0.3, -0.25) is 0 Å². The molecule has 0 radical (unpaired) electrons. The molecule has 0 saturated carbocycles. The van der Waals surface area contributed by atoms with E-state index < -0.39 is 20.1 Å². The van der Waals surface area contributed by atoms with E-state index >= 15 is 0 Å². The fourth-order valence-corrected chi connectivity index (χ4v) is 0. The first-order chi connectivity index (χ1) is 2.27. The number of rotatable bonds is 1. The van der Waals surface area contributed by atoms with Gasteiger partial charge in [-0.05, 0) is 0 Å². The molecule has 0 heterocycles. The first-order valence-corrected chi connectivity index (χ1v) is 6.23. The first-order valence-electron chi connectivity index (χ1n) is 0.966. The van der Waals surface area contributed by atoms with Crippen LogP contribution in [0.5, 0.6) is 0 Å². The molecule has 0 bridgehead atoms. The third-order valence-electron chi connectivity index (χ3n) is 0.123. The molecule has 0 aliphatic carbocycles. The Kier molecular flexibility index (Phi) is 10.3. The van der Waals surface area contributed by atoms with E-state index in [-0.39, 0.29) is 19.8 Å². The predicted molar refractivity (Wildman–Crippen MR) is 34.8 cm³/mol. The molecule has 1 N–H and O–H groups in total. The van der Waals surface area contributed by atoms with Gasteiger partial charge in [0.2, 0.25) is 0 Å². The maximum atomic E-state index is 9.40. The van der Waals surface area contributed by atoms with Crippen LogP contribution in [0, 0.1) is 0 Å². The molecule has 0 spiro atoms. The molecule has 0 rings (SSSR count). The van der Waals surface area contributed by atoms with Gasteiger partial charge < -0.3 is 0 Å². The molecule has 2 unspecified atom stereocenters. The van der Waals surface area contributed by atoms with Crippen LogP contribution < -0.4 is 0 Å². The van der Waals surface area contributed by atoms with Crippen molar-refractivity contribution in [1.82, 2.24) is 0 Å². The Hall–Kier alpha value is 1.09. The van der Waals surface area contributed by atoms with Crippen LogP contribution >= 0.6 is 7.80 Å². The fourth-order valence-electron chi connectivity index (χ4n) is 0. The molecule has 36 valence electrons. The number of carboxylic acid groups (broad SMARTS) is 1. The van der Waals surface area contributed by atoms with Crippen LogP contribution in [0.4, 0.5) is 4.79 Å². The van der Waals surface area contributed by atoms with E-state index in [1.54, 1.807) is 0 Å². The van der Waals surface area contributed by atoms with Crippen molar-refractivity contribution < 1.29 is 9.90 Å². The van der Waals surface area contributed by atoms with Crippen LogP contribution in [0.1, 0.15) is 0 Å². The van der Waals surface area contributed by atoms with Crippen molar-refractivity contribution in [2.24, 2.45) is 0 Å². The second kappa shape index (κ2) is 6.09. The summed E-state index contributed by atoms with van der Waals surface area (Å²) in [5, 5.41) is 7.76. The molecule has 2 atom stereocenters. The summed E-state index contributed by atoms with van der Waals surface area (Å²) < 4.78 is -0.657. The van der Waals surface area contributed by atoms with Crippen molar-refractivity contribution in [2.75, 3.05) is 0 Å². The van der Waals surface area contributed by atoms with Gasteiger partial charge in [0, 0.05) is 0 Å². The third-order valence-corrected chi connectivity index (χ3v) is 1.92. The zero-order valence-electron chi connectivity index (χ0n) is 2.43. The minimum absolute atomic E-state index is 0. The van der Waals surface area contributed by atoms with E-state index in [9.17, 15) is 4.79 Å². The Labute approximate surface area is 57.6 Å². The SMILES string of the molecule is O=C(O)[AsH]P.[GaH3]. The van der Waals surface area contributed by atoms with Crippen molar-refractivity contribution >= 4 is 47.6 Å². The topological polar surface area (TPSA) is 37.3 Å². The maximum absolute atomic E-state index is 9.40. The first kappa shape index (κ1) is 10.2. The minimum atomic E-state index is -0.722. The molecule has 2 nitrogen and oxygen atoms in total. The van der Waals surface area contributed by atoms with E-state index in [0.29, 0.717) is 0 Å². The van der Waals surface area contributed by atoms with Crippen LogP contribution in [0.3, 0.4) is 0 Å². The van der Waals surface area contributed by atoms with Crippen molar-refractivity contribution in [3.05, 3.63) is 0 Å². The Morgan fingerprint density at radius 3 is 2.00 bits per heavy atom. The molecular formula is CH7AsGaO2P. The summed E-state index contributed by atoms with van der Waals surface area (Å²) in [5.74, 6) is 0. The summed E-state index contributed by atoms with van der Waals surface area (Å²) >= 11 is -0.722. The van der Waals surface area contributed by atoms with Crippen molar-refractivity contribution in [3.63, 3.8) is 0 Å². The summed E-state index contributed by atoms with van der Waals surface area (Å²) in [4.78, 5) is 9.40. The van der Waals surface area contributed by atoms with Crippen LogP contribution in [0.2, 0.25) is 0 Å². The number of hydrogen-bond acceptors (Lipinski definition) is 1. The Balaban J connectivity index is 0. The van der Waals surface area contributed by atoms with Gasteiger partial charge >= 0.3 is 57.5 Å². The van der Waals surface area contributed by atoms with Gasteiger partial charge in [0.15, 0.2) is 0 Å². The van der Waals surface area contributed by atoms with E-state index in [2.05, 4.69) is 7.80 Å². The average Bonchev–Trinajstić information content (AvgIpc) is 1.38. The molecular weight excluding hydrogens is 220 g/mol. The second-order valence-electron chi connectivity index (χ2n) is 0.449. The van der Waals surface area contributed by atoms with Crippen LogP contribution in [0.15, 0.2) is 0 Å². The number of hydrogen-bond donors (Lipinski definition) is 1. The quantitative estimate of drug-likeness (QED) is 0.446. The molecule has 0 aromatic carbocycles. The summed E-state index contributed by atoms with van der Waals surface area (Å²) in [6.07, 6.45) is 0. The molecule has 0 aromatic heterocycles. The zero-order valence-corrected chi connectivity index (χ0v) is 5.69. The van der Waals surface area contributed by atoms with Gasteiger partial charge in [0.1, 0.15) is 0 Å². The van der Waals surface area contributed by atoms with Gasteiger partial charge in [-0.15, -0.1) is 0 Å². The zero-order chi connectivity index (χ0) is 4.28. The van der Waals surface area contributed by atoms with Crippen molar-refractivity contribution in [3.8, 4) is 0 Å². The molecule has 0 fully saturated rings. The van der Waals surface area contributed by atoms with E-state index in [4.69, 9.17) is 5.11 Å².